The molecule has 0 unspecified atom stereocenters. The number of rotatable bonds is 5. The van der Waals surface area contributed by atoms with Crippen molar-refractivity contribution >= 4 is 28.5 Å². The van der Waals surface area contributed by atoms with E-state index in [1.807, 2.05) is 60.0 Å². The molecule has 0 bridgehead atoms. The van der Waals surface area contributed by atoms with Crippen LogP contribution < -0.4 is 5.32 Å². The molecule has 1 amide bonds. The Labute approximate surface area is 140 Å². The summed E-state index contributed by atoms with van der Waals surface area (Å²) in [5, 5.41) is 3.55. The van der Waals surface area contributed by atoms with Gasteiger partial charge >= 0.3 is 0 Å². The molecule has 3 aromatic rings. The normalized spacial score (nSPS) is 10.9. The highest BCUT2D eigenvalue weighted by atomic mass is 35.5. The molecule has 0 saturated heterocycles. The van der Waals surface area contributed by atoms with Gasteiger partial charge in [0.15, 0.2) is 0 Å². The van der Waals surface area contributed by atoms with Crippen LogP contribution in [0.3, 0.4) is 0 Å². The Balaban J connectivity index is 2.01. The molecule has 1 N–H and O–H groups in total. The fourth-order valence-electron chi connectivity index (χ4n) is 2.65. The second kappa shape index (κ2) is 6.84. The third-order valence-corrected chi connectivity index (χ3v) is 4.08. The zero-order chi connectivity index (χ0) is 16.2. The monoisotopic (exact) mass is 327 g/mol. The first kappa shape index (κ1) is 15.6. The van der Waals surface area contributed by atoms with Crippen molar-refractivity contribution in [2.45, 2.75) is 19.9 Å². The number of carbonyl (C=O) groups is 1. The summed E-state index contributed by atoms with van der Waals surface area (Å²) < 4.78 is 1.96. The van der Waals surface area contributed by atoms with Crippen LogP contribution in [0.5, 0.6) is 0 Å². The van der Waals surface area contributed by atoms with E-state index in [-0.39, 0.29) is 12.5 Å². The van der Waals surface area contributed by atoms with Gasteiger partial charge < -0.3 is 9.88 Å². The predicted molar refractivity (Wildman–Crippen MR) is 92.7 cm³/mol. The number of benzene rings is 2. The van der Waals surface area contributed by atoms with Gasteiger partial charge in [-0.15, -0.1) is 0 Å². The van der Waals surface area contributed by atoms with Crippen LogP contribution in [0.15, 0.2) is 48.5 Å². The van der Waals surface area contributed by atoms with E-state index in [2.05, 4.69) is 10.3 Å². The van der Waals surface area contributed by atoms with Gasteiger partial charge in [-0.05, 0) is 30.7 Å². The Kier molecular flexibility index (Phi) is 4.63. The lowest BCUT2D eigenvalue weighted by Crippen LogP contribution is -2.27. The van der Waals surface area contributed by atoms with Crippen molar-refractivity contribution in [1.82, 2.24) is 14.9 Å². The molecular weight excluding hydrogens is 310 g/mol. The van der Waals surface area contributed by atoms with Crippen molar-refractivity contribution in [3.63, 3.8) is 0 Å². The second-order valence-electron chi connectivity index (χ2n) is 5.32. The quantitative estimate of drug-likeness (QED) is 0.780. The molecule has 0 fully saturated rings. The van der Waals surface area contributed by atoms with E-state index in [9.17, 15) is 4.79 Å². The molecule has 0 aliphatic carbocycles. The Hall–Kier alpha value is -2.33. The molecule has 1 aromatic heterocycles. The maximum atomic E-state index is 12.0. The number of likely N-dealkylation sites (N-methyl/N-ethyl adjacent to an activating group) is 1. The van der Waals surface area contributed by atoms with Crippen molar-refractivity contribution in [2.75, 3.05) is 6.54 Å². The van der Waals surface area contributed by atoms with Gasteiger partial charge in [0.1, 0.15) is 12.4 Å². The van der Waals surface area contributed by atoms with Crippen LogP contribution in [0.1, 0.15) is 18.3 Å². The molecule has 2 aromatic carbocycles. The highest BCUT2D eigenvalue weighted by Crippen LogP contribution is 2.22. The molecule has 0 aliphatic rings. The van der Waals surface area contributed by atoms with Crippen LogP contribution in [0.4, 0.5) is 0 Å². The van der Waals surface area contributed by atoms with E-state index in [0.29, 0.717) is 18.0 Å². The van der Waals surface area contributed by atoms with Crippen molar-refractivity contribution in [3.05, 3.63) is 64.9 Å². The van der Waals surface area contributed by atoms with Crippen molar-refractivity contribution in [3.8, 4) is 0 Å². The number of aromatic nitrogens is 2. The minimum absolute atomic E-state index is 0.0175. The summed E-state index contributed by atoms with van der Waals surface area (Å²) in [6, 6.07) is 15.6. The summed E-state index contributed by atoms with van der Waals surface area (Å²) in [7, 11) is 0. The molecule has 118 valence electrons. The number of fused-ring (bicyclic) bond motifs is 1. The van der Waals surface area contributed by atoms with Crippen LogP contribution in [-0.4, -0.2) is 22.0 Å². The summed E-state index contributed by atoms with van der Waals surface area (Å²) in [5.74, 6) is 0.821. The summed E-state index contributed by atoms with van der Waals surface area (Å²) in [5.41, 5.74) is 2.85. The van der Waals surface area contributed by atoms with Gasteiger partial charge in [0.25, 0.3) is 0 Å². The fraction of sp³-hybridized carbons (Fsp3) is 0.222. The number of halogens is 1. The Morgan fingerprint density at radius 2 is 1.91 bits per heavy atom. The molecule has 0 atom stereocenters. The first-order valence-electron chi connectivity index (χ1n) is 7.63. The third kappa shape index (κ3) is 3.37. The lowest BCUT2D eigenvalue weighted by Gasteiger charge is -2.10. The summed E-state index contributed by atoms with van der Waals surface area (Å²) in [6.07, 6.45) is 0.591. The van der Waals surface area contributed by atoms with Crippen LogP contribution in [0.25, 0.3) is 11.0 Å². The third-order valence-electron chi connectivity index (χ3n) is 3.72. The minimum atomic E-state index is -0.0175. The molecule has 0 spiro atoms. The summed E-state index contributed by atoms with van der Waals surface area (Å²) in [4.78, 5) is 16.7. The standard InChI is InChI=1S/C18H18ClN3O/c1-2-20-18(23)12-22-16-10-6-5-9-15(16)21-17(22)11-13-7-3-4-8-14(13)19/h3-10H,2,11-12H2,1H3,(H,20,23). The topological polar surface area (TPSA) is 46.9 Å². The highest BCUT2D eigenvalue weighted by molar-refractivity contribution is 6.31. The molecule has 0 radical (unpaired) electrons. The average Bonchev–Trinajstić information content (AvgIpc) is 2.88. The highest BCUT2D eigenvalue weighted by Gasteiger charge is 2.14. The zero-order valence-electron chi connectivity index (χ0n) is 12.9. The van der Waals surface area contributed by atoms with Crippen molar-refractivity contribution in [2.24, 2.45) is 0 Å². The van der Waals surface area contributed by atoms with Crippen LogP contribution in [0.2, 0.25) is 5.02 Å². The van der Waals surface area contributed by atoms with Gasteiger partial charge in [0, 0.05) is 18.0 Å². The first-order valence-corrected chi connectivity index (χ1v) is 8.01. The summed E-state index contributed by atoms with van der Waals surface area (Å²) >= 11 is 6.26. The Bertz CT molecular complexity index is 841. The van der Waals surface area contributed by atoms with E-state index in [0.717, 1.165) is 22.4 Å². The van der Waals surface area contributed by atoms with E-state index in [4.69, 9.17) is 11.6 Å². The van der Waals surface area contributed by atoms with E-state index in [1.165, 1.54) is 0 Å². The van der Waals surface area contributed by atoms with E-state index in [1.54, 1.807) is 0 Å². The van der Waals surface area contributed by atoms with Gasteiger partial charge in [-0.1, -0.05) is 41.9 Å². The number of nitrogens with one attached hydrogen (secondary N) is 1. The number of carbonyl (C=O) groups excluding carboxylic acids is 1. The maximum absolute atomic E-state index is 12.0. The number of imidazole rings is 1. The predicted octanol–water partition coefficient (Wildman–Crippen LogP) is 3.42. The van der Waals surface area contributed by atoms with Crippen molar-refractivity contribution in [1.29, 1.82) is 0 Å². The number of hydrogen-bond donors (Lipinski definition) is 1. The van der Waals surface area contributed by atoms with Crippen molar-refractivity contribution < 1.29 is 4.79 Å². The lowest BCUT2D eigenvalue weighted by atomic mass is 10.1. The molecule has 5 heteroatoms. The number of amides is 1. The molecule has 1 heterocycles. The van der Waals surface area contributed by atoms with Gasteiger partial charge in [-0.25, -0.2) is 4.98 Å². The minimum Gasteiger partial charge on any atom is -0.355 e. The molecule has 23 heavy (non-hydrogen) atoms. The zero-order valence-corrected chi connectivity index (χ0v) is 13.7. The number of nitrogens with zero attached hydrogens (tertiary/aromatic N) is 2. The Morgan fingerprint density at radius 3 is 2.70 bits per heavy atom. The number of hydrogen-bond acceptors (Lipinski definition) is 2. The SMILES string of the molecule is CCNC(=O)Cn1c(Cc2ccccc2Cl)nc2ccccc21. The molecule has 4 nitrogen and oxygen atoms in total. The molecule has 0 aliphatic heterocycles. The largest absolute Gasteiger partial charge is 0.355 e. The van der Waals surface area contributed by atoms with Crippen LogP contribution in [0, 0.1) is 0 Å². The fourth-order valence-corrected chi connectivity index (χ4v) is 2.85. The van der Waals surface area contributed by atoms with Crippen LogP contribution in [-0.2, 0) is 17.8 Å². The van der Waals surface area contributed by atoms with Gasteiger partial charge in [0.05, 0.1) is 11.0 Å². The van der Waals surface area contributed by atoms with E-state index < -0.39 is 0 Å². The maximum Gasteiger partial charge on any atom is 0.239 e. The lowest BCUT2D eigenvalue weighted by molar-refractivity contribution is -0.121. The summed E-state index contributed by atoms with van der Waals surface area (Å²) in [6.45, 7) is 2.79. The number of para-hydroxylation sites is 2. The van der Waals surface area contributed by atoms with Crippen LogP contribution >= 0.6 is 11.6 Å². The Morgan fingerprint density at radius 1 is 1.17 bits per heavy atom. The molecular formula is C18H18ClN3O. The van der Waals surface area contributed by atoms with E-state index >= 15 is 0 Å². The van der Waals surface area contributed by atoms with Gasteiger partial charge in [0.2, 0.25) is 5.91 Å². The second-order valence-corrected chi connectivity index (χ2v) is 5.73. The molecule has 0 saturated carbocycles. The molecule has 3 rings (SSSR count). The first-order chi connectivity index (χ1) is 11.2. The average molecular weight is 328 g/mol. The smallest absolute Gasteiger partial charge is 0.239 e. The van der Waals surface area contributed by atoms with Gasteiger partial charge in [-0.3, -0.25) is 4.79 Å². The van der Waals surface area contributed by atoms with Gasteiger partial charge in [-0.2, -0.15) is 0 Å².